The normalized spacial score (nSPS) is 12.2. The molecular weight excluding hydrogens is 586 g/mol. The summed E-state index contributed by atoms with van der Waals surface area (Å²) in [6.45, 7) is 6.98. The summed E-state index contributed by atoms with van der Waals surface area (Å²) < 4.78 is 34.8. The highest BCUT2D eigenvalue weighted by Gasteiger charge is 2.36. The number of hydrogen-bond acceptors (Lipinski definition) is 5. The molecule has 0 radical (unpaired) electrons. The van der Waals surface area contributed by atoms with Crippen molar-refractivity contribution >= 4 is 27.5 Å². The Morgan fingerprint density at radius 1 is 0.822 bits per heavy atom. The molecule has 0 spiro atoms. The summed E-state index contributed by atoms with van der Waals surface area (Å²) in [7, 11) is -2.60. The van der Waals surface area contributed by atoms with E-state index in [2.05, 4.69) is 5.32 Å². The number of anilines is 1. The number of benzene rings is 4. The van der Waals surface area contributed by atoms with Crippen LogP contribution in [0.5, 0.6) is 5.75 Å². The first-order chi connectivity index (χ1) is 21.4. The van der Waals surface area contributed by atoms with E-state index in [1.165, 1.54) is 17.0 Å². The van der Waals surface area contributed by atoms with Crippen LogP contribution in [0, 0.1) is 6.92 Å². The van der Waals surface area contributed by atoms with Crippen LogP contribution in [0.25, 0.3) is 0 Å². The fourth-order valence-corrected chi connectivity index (χ4v) is 6.55. The lowest BCUT2D eigenvalue weighted by molar-refractivity contribution is -0.140. The molecule has 4 aromatic carbocycles. The topological polar surface area (TPSA) is 96.0 Å². The Morgan fingerprint density at radius 2 is 1.42 bits per heavy atom. The van der Waals surface area contributed by atoms with Gasteiger partial charge in [-0.3, -0.25) is 13.9 Å². The SMILES string of the molecule is COc1cccc(CN(C(=O)CN(c2ccccc2C)S(=O)(=O)c2ccccc2)[C@@H](Cc2ccccc2)C(=O)NC(C)(C)C)c1. The molecule has 0 aliphatic heterocycles. The first kappa shape index (κ1) is 33.3. The minimum absolute atomic E-state index is 0.0537. The summed E-state index contributed by atoms with van der Waals surface area (Å²) >= 11 is 0. The maximum atomic E-state index is 14.6. The average Bonchev–Trinajstić information content (AvgIpc) is 3.02. The molecule has 0 saturated carbocycles. The minimum Gasteiger partial charge on any atom is -0.497 e. The van der Waals surface area contributed by atoms with E-state index in [-0.39, 0.29) is 23.8 Å². The zero-order valence-electron chi connectivity index (χ0n) is 26.4. The number of sulfonamides is 1. The van der Waals surface area contributed by atoms with Crippen LogP contribution in [-0.4, -0.2) is 50.4 Å². The van der Waals surface area contributed by atoms with Crippen LogP contribution in [-0.2, 0) is 32.6 Å². The van der Waals surface area contributed by atoms with E-state index in [1.807, 2.05) is 69.3 Å². The highest BCUT2D eigenvalue weighted by atomic mass is 32.2. The highest BCUT2D eigenvalue weighted by Crippen LogP contribution is 2.28. The van der Waals surface area contributed by atoms with Gasteiger partial charge in [-0.05, 0) is 74.7 Å². The summed E-state index contributed by atoms with van der Waals surface area (Å²) in [4.78, 5) is 30.1. The number of hydrogen-bond donors (Lipinski definition) is 1. The van der Waals surface area contributed by atoms with E-state index in [0.29, 0.717) is 17.0 Å². The van der Waals surface area contributed by atoms with Crippen molar-refractivity contribution in [1.29, 1.82) is 0 Å². The van der Waals surface area contributed by atoms with Crippen molar-refractivity contribution in [2.45, 2.75) is 57.1 Å². The van der Waals surface area contributed by atoms with Crippen LogP contribution in [0.4, 0.5) is 5.69 Å². The molecule has 0 heterocycles. The van der Waals surface area contributed by atoms with Crippen molar-refractivity contribution in [3.8, 4) is 5.75 Å². The number of nitrogens with zero attached hydrogens (tertiary/aromatic N) is 2. The molecule has 8 nitrogen and oxygen atoms in total. The first-order valence-electron chi connectivity index (χ1n) is 14.8. The Bertz CT molecular complexity index is 1700. The maximum absolute atomic E-state index is 14.6. The van der Waals surface area contributed by atoms with Crippen molar-refractivity contribution in [3.63, 3.8) is 0 Å². The van der Waals surface area contributed by atoms with Crippen molar-refractivity contribution in [2.75, 3.05) is 18.0 Å². The van der Waals surface area contributed by atoms with Gasteiger partial charge < -0.3 is 15.0 Å². The van der Waals surface area contributed by atoms with Crippen LogP contribution in [0.2, 0.25) is 0 Å². The molecule has 2 amide bonds. The molecule has 0 aromatic heterocycles. The number of ether oxygens (including phenoxy) is 1. The van der Waals surface area contributed by atoms with Gasteiger partial charge in [0.25, 0.3) is 10.0 Å². The second kappa shape index (κ2) is 14.4. The third kappa shape index (κ3) is 8.73. The number of aryl methyl sites for hydroxylation is 1. The Balaban J connectivity index is 1.83. The molecule has 236 valence electrons. The van der Waals surface area contributed by atoms with Crippen molar-refractivity contribution in [3.05, 3.63) is 126 Å². The molecule has 1 N–H and O–H groups in total. The van der Waals surface area contributed by atoms with Gasteiger partial charge in [0.15, 0.2) is 0 Å². The lowest BCUT2D eigenvalue weighted by atomic mass is 10.0. The molecule has 0 aliphatic rings. The molecular formula is C36H41N3O5S. The summed E-state index contributed by atoms with van der Waals surface area (Å²) in [5, 5.41) is 3.04. The summed E-state index contributed by atoms with van der Waals surface area (Å²) in [5.41, 5.74) is 2.10. The molecule has 1 atom stereocenters. The zero-order valence-corrected chi connectivity index (χ0v) is 27.3. The largest absolute Gasteiger partial charge is 0.497 e. The van der Waals surface area contributed by atoms with E-state index in [9.17, 15) is 18.0 Å². The average molecular weight is 628 g/mol. The number of methoxy groups -OCH3 is 1. The quantitative estimate of drug-likeness (QED) is 0.216. The second-order valence-electron chi connectivity index (χ2n) is 11.9. The Kier molecular flexibility index (Phi) is 10.7. The van der Waals surface area contributed by atoms with Crippen LogP contribution in [0.15, 0.2) is 114 Å². The predicted octanol–water partition coefficient (Wildman–Crippen LogP) is 5.75. The van der Waals surface area contributed by atoms with Crippen LogP contribution in [0.3, 0.4) is 0 Å². The van der Waals surface area contributed by atoms with E-state index in [1.54, 1.807) is 62.6 Å². The van der Waals surface area contributed by atoms with Gasteiger partial charge in [0.2, 0.25) is 11.8 Å². The van der Waals surface area contributed by atoms with Gasteiger partial charge >= 0.3 is 0 Å². The standard InChI is InChI=1S/C36H41N3O5S/c1-27-15-12-13-22-32(27)39(45(42,43)31-20-10-7-11-21-31)26-34(40)38(25-29-18-14-19-30(23-29)44-5)33(35(41)37-36(2,3)4)24-28-16-8-6-9-17-28/h6-23,33H,24-26H2,1-5H3,(H,37,41)/t33-/m0/s1. The zero-order chi connectivity index (χ0) is 32.6. The monoisotopic (exact) mass is 627 g/mol. The number of rotatable bonds is 12. The number of carbonyl (C=O) groups is 2. The van der Waals surface area contributed by atoms with E-state index in [4.69, 9.17) is 4.74 Å². The van der Waals surface area contributed by atoms with Crippen LogP contribution in [0.1, 0.15) is 37.5 Å². The molecule has 0 aliphatic carbocycles. The fourth-order valence-electron chi connectivity index (χ4n) is 5.05. The smallest absolute Gasteiger partial charge is 0.264 e. The Labute approximate surface area is 266 Å². The second-order valence-corrected chi connectivity index (χ2v) is 13.8. The van der Waals surface area contributed by atoms with Crippen molar-refractivity contribution in [2.24, 2.45) is 0 Å². The fraction of sp³-hybridized carbons (Fsp3) is 0.278. The number of carbonyl (C=O) groups excluding carboxylic acids is 2. The molecule has 0 bridgehead atoms. The summed E-state index contributed by atoms with van der Waals surface area (Å²) in [6, 6.07) is 30.9. The third-order valence-corrected chi connectivity index (χ3v) is 9.02. The summed E-state index contributed by atoms with van der Waals surface area (Å²) in [6.07, 6.45) is 0.230. The predicted molar refractivity (Wildman–Crippen MR) is 178 cm³/mol. The van der Waals surface area contributed by atoms with Gasteiger partial charge in [0, 0.05) is 18.5 Å². The Hall–Kier alpha value is -4.63. The molecule has 0 saturated heterocycles. The van der Waals surface area contributed by atoms with Gasteiger partial charge in [-0.2, -0.15) is 0 Å². The minimum atomic E-state index is -4.16. The number of nitrogens with one attached hydrogen (secondary N) is 1. The molecule has 45 heavy (non-hydrogen) atoms. The van der Waals surface area contributed by atoms with Gasteiger partial charge in [0.1, 0.15) is 18.3 Å². The summed E-state index contributed by atoms with van der Waals surface area (Å²) in [5.74, 6) is -0.256. The van der Waals surface area contributed by atoms with Crippen LogP contribution < -0.4 is 14.4 Å². The van der Waals surface area contributed by atoms with Crippen molar-refractivity contribution < 1.29 is 22.7 Å². The molecule has 4 rings (SSSR count). The van der Waals surface area contributed by atoms with E-state index in [0.717, 1.165) is 15.4 Å². The van der Waals surface area contributed by atoms with E-state index >= 15 is 0 Å². The van der Waals surface area contributed by atoms with Gasteiger partial charge in [-0.15, -0.1) is 0 Å². The van der Waals surface area contributed by atoms with Crippen LogP contribution >= 0.6 is 0 Å². The Morgan fingerprint density at radius 3 is 2.04 bits per heavy atom. The van der Waals surface area contributed by atoms with Gasteiger partial charge in [-0.25, -0.2) is 8.42 Å². The molecule has 9 heteroatoms. The molecule has 0 fully saturated rings. The lowest BCUT2D eigenvalue weighted by Gasteiger charge is -2.35. The number of amides is 2. The highest BCUT2D eigenvalue weighted by molar-refractivity contribution is 7.92. The van der Waals surface area contributed by atoms with Gasteiger partial charge in [0.05, 0.1) is 17.7 Å². The lowest BCUT2D eigenvalue weighted by Crippen LogP contribution is -2.56. The van der Waals surface area contributed by atoms with Crippen molar-refractivity contribution in [1.82, 2.24) is 10.2 Å². The molecule has 4 aromatic rings. The third-order valence-electron chi connectivity index (χ3n) is 7.25. The maximum Gasteiger partial charge on any atom is 0.264 e. The van der Waals surface area contributed by atoms with E-state index < -0.39 is 34.1 Å². The molecule has 0 unspecified atom stereocenters. The van der Waals surface area contributed by atoms with Gasteiger partial charge in [-0.1, -0.05) is 78.9 Å². The first-order valence-corrected chi connectivity index (χ1v) is 16.2. The number of para-hydroxylation sites is 1.